The minimum atomic E-state index is 0.462. The Kier molecular flexibility index (Phi) is 5.24. The van der Waals surface area contributed by atoms with Crippen LogP contribution in [0.2, 0.25) is 0 Å². The molecule has 19 heavy (non-hydrogen) atoms. The highest BCUT2D eigenvalue weighted by atomic mass is 15.0. The van der Waals surface area contributed by atoms with Crippen LogP contribution in [0.1, 0.15) is 25.8 Å². The Balaban J connectivity index is 1.87. The number of hydrogen-bond donors (Lipinski definition) is 2. The molecule has 1 heterocycles. The molecule has 0 aliphatic heterocycles. The highest BCUT2D eigenvalue weighted by Gasteiger charge is 2.02. The largest absolute Gasteiger partial charge is 0.315 e. The normalized spacial score (nSPS) is 12.7. The Morgan fingerprint density at radius 2 is 1.95 bits per heavy atom. The average molecular weight is 258 g/mol. The van der Waals surface area contributed by atoms with Crippen LogP contribution >= 0.6 is 0 Å². The van der Waals surface area contributed by atoms with Gasteiger partial charge in [0.1, 0.15) is 0 Å². The maximum absolute atomic E-state index is 4.33. The summed E-state index contributed by atoms with van der Waals surface area (Å²) in [5.41, 5.74) is 3.15. The number of nitrogens with one attached hydrogen (secondary N) is 2. The fourth-order valence-corrected chi connectivity index (χ4v) is 1.98. The zero-order valence-electron chi connectivity index (χ0n) is 11.7. The van der Waals surface area contributed by atoms with Gasteiger partial charge in [0.2, 0.25) is 0 Å². The van der Waals surface area contributed by atoms with Gasteiger partial charge in [-0.3, -0.25) is 9.97 Å². The third-order valence-electron chi connectivity index (χ3n) is 3.07. The van der Waals surface area contributed by atoms with Crippen LogP contribution in [0.5, 0.6) is 0 Å². The minimum Gasteiger partial charge on any atom is -0.315 e. The Morgan fingerprint density at radius 1 is 1.16 bits per heavy atom. The molecule has 0 aliphatic rings. The van der Waals surface area contributed by atoms with Crippen molar-refractivity contribution in [2.75, 3.05) is 13.1 Å². The summed E-state index contributed by atoms with van der Waals surface area (Å²) >= 11 is 0. The molecule has 0 saturated carbocycles. The van der Waals surface area contributed by atoms with Crippen molar-refractivity contribution < 1.29 is 0 Å². The van der Waals surface area contributed by atoms with Crippen LogP contribution in [-0.4, -0.2) is 29.1 Å². The summed E-state index contributed by atoms with van der Waals surface area (Å²) in [6.07, 6.45) is 4.63. The van der Waals surface area contributed by atoms with Crippen molar-refractivity contribution in [2.24, 2.45) is 0 Å². The number of fused-ring (bicyclic) bond motifs is 1. The van der Waals surface area contributed by atoms with Crippen LogP contribution in [0.3, 0.4) is 0 Å². The first-order valence-corrected chi connectivity index (χ1v) is 6.93. The summed E-state index contributed by atoms with van der Waals surface area (Å²) in [6, 6.07) is 6.70. The molecule has 2 rings (SSSR count). The van der Waals surface area contributed by atoms with Crippen LogP contribution in [-0.2, 0) is 6.54 Å². The van der Waals surface area contributed by atoms with E-state index in [4.69, 9.17) is 0 Å². The highest BCUT2D eigenvalue weighted by molar-refractivity contribution is 5.74. The second kappa shape index (κ2) is 7.16. The standard InChI is InChI=1S/C15H22N4/c1-3-6-16-10-12(2)19-11-13-4-5-14-15(9-13)18-8-7-17-14/h4-5,7-9,12,16,19H,3,6,10-11H2,1-2H3. The van der Waals surface area contributed by atoms with Gasteiger partial charge in [-0.25, -0.2) is 0 Å². The molecule has 0 amide bonds. The fraction of sp³-hybridized carbons (Fsp3) is 0.467. The van der Waals surface area contributed by atoms with Crippen molar-refractivity contribution in [3.05, 3.63) is 36.2 Å². The van der Waals surface area contributed by atoms with Crippen LogP contribution < -0.4 is 10.6 Å². The quantitative estimate of drug-likeness (QED) is 0.747. The number of aromatic nitrogens is 2. The van der Waals surface area contributed by atoms with E-state index in [1.165, 1.54) is 12.0 Å². The SMILES string of the molecule is CCCNCC(C)NCc1ccc2nccnc2c1. The van der Waals surface area contributed by atoms with Gasteiger partial charge in [0.15, 0.2) is 0 Å². The Hall–Kier alpha value is -1.52. The molecule has 1 aromatic heterocycles. The summed E-state index contributed by atoms with van der Waals surface area (Å²) in [4.78, 5) is 8.60. The van der Waals surface area contributed by atoms with Gasteiger partial charge < -0.3 is 10.6 Å². The van der Waals surface area contributed by atoms with E-state index < -0.39 is 0 Å². The summed E-state index contributed by atoms with van der Waals surface area (Å²) in [5.74, 6) is 0. The van der Waals surface area contributed by atoms with Crippen LogP contribution in [0, 0.1) is 0 Å². The van der Waals surface area contributed by atoms with Gasteiger partial charge in [0.05, 0.1) is 11.0 Å². The molecule has 1 unspecified atom stereocenters. The zero-order chi connectivity index (χ0) is 13.5. The predicted octanol–water partition coefficient (Wildman–Crippen LogP) is 2.11. The van der Waals surface area contributed by atoms with Crippen molar-refractivity contribution in [3.8, 4) is 0 Å². The molecule has 0 saturated heterocycles. The highest BCUT2D eigenvalue weighted by Crippen LogP contribution is 2.10. The number of rotatable bonds is 7. The molecular weight excluding hydrogens is 236 g/mol. The van der Waals surface area contributed by atoms with Gasteiger partial charge in [0, 0.05) is 31.5 Å². The summed E-state index contributed by atoms with van der Waals surface area (Å²) < 4.78 is 0. The van der Waals surface area contributed by atoms with E-state index >= 15 is 0 Å². The first-order chi connectivity index (χ1) is 9.29. The summed E-state index contributed by atoms with van der Waals surface area (Å²) in [6.45, 7) is 7.32. The van der Waals surface area contributed by atoms with E-state index in [9.17, 15) is 0 Å². The van der Waals surface area contributed by atoms with Gasteiger partial charge in [0.25, 0.3) is 0 Å². The molecule has 1 aromatic carbocycles. The molecule has 4 nitrogen and oxygen atoms in total. The maximum atomic E-state index is 4.33. The van der Waals surface area contributed by atoms with Gasteiger partial charge in [-0.1, -0.05) is 13.0 Å². The molecule has 0 radical (unpaired) electrons. The molecule has 0 aliphatic carbocycles. The lowest BCUT2D eigenvalue weighted by molar-refractivity contribution is 0.501. The smallest absolute Gasteiger partial charge is 0.0890 e. The Morgan fingerprint density at radius 3 is 2.74 bits per heavy atom. The van der Waals surface area contributed by atoms with Gasteiger partial charge in [-0.05, 0) is 37.6 Å². The van der Waals surface area contributed by atoms with Crippen LogP contribution in [0.4, 0.5) is 0 Å². The molecule has 102 valence electrons. The zero-order valence-corrected chi connectivity index (χ0v) is 11.7. The number of benzene rings is 1. The van der Waals surface area contributed by atoms with Crippen LogP contribution in [0.15, 0.2) is 30.6 Å². The van der Waals surface area contributed by atoms with E-state index in [1.54, 1.807) is 12.4 Å². The van der Waals surface area contributed by atoms with Crippen molar-refractivity contribution >= 4 is 11.0 Å². The molecule has 4 heteroatoms. The topological polar surface area (TPSA) is 49.8 Å². The first-order valence-electron chi connectivity index (χ1n) is 6.93. The van der Waals surface area contributed by atoms with Crippen molar-refractivity contribution in [3.63, 3.8) is 0 Å². The average Bonchev–Trinajstić information content (AvgIpc) is 2.45. The lowest BCUT2D eigenvalue weighted by Gasteiger charge is -2.14. The number of hydrogen-bond acceptors (Lipinski definition) is 4. The molecule has 0 bridgehead atoms. The molecule has 0 spiro atoms. The minimum absolute atomic E-state index is 0.462. The third-order valence-corrected chi connectivity index (χ3v) is 3.07. The molecule has 0 fully saturated rings. The van der Waals surface area contributed by atoms with E-state index in [2.05, 4.69) is 46.6 Å². The lowest BCUT2D eigenvalue weighted by atomic mass is 10.2. The monoisotopic (exact) mass is 258 g/mol. The second-order valence-corrected chi connectivity index (χ2v) is 4.87. The van der Waals surface area contributed by atoms with E-state index in [-0.39, 0.29) is 0 Å². The second-order valence-electron chi connectivity index (χ2n) is 4.87. The molecule has 2 aromatic rings. The van der Waals surface area contributed by atoms with Gasteiger partial charge in [-0.2, -0.15) is 0 Å². The summed E-state index contributed by atoms with van der Waals surface area (Å²) in [7, 11) is 0. The maximum Gasteiger partial charge on any atom is 0.0890 e. The van der Waals surface area contributed by atoms with Crippen molar-refractivity contribution in [2.45, 2.75) is 32.9 Å². The Labute approximate surface area is 114 Å². The molecular formula is C15H22N4. The van der Waals surface area contributed by atoms with Crippen molar-refractivity contribution in [1.82, 2.24) is 20.6 Å². The number of nitrogens with zero attached hydrogens (tertiary/aromatic N) is 2. The summed E-state index contributed by atoms with van der Waals surface area (Å²) in [5, 5.41) is 6.93. The van der Waals surface area contributed by atoms with Crippen LogP contribution in [0.25, 0.3) is 11.0 Å². The van der Waals surface area contributed by atoms with E-state index in [0.29, 0.717) is 6.04 Å². The Bertz CT molecular complexity index is 512. The molecule has 1 atom stereocenters. The van der Waals surface area contributed by atoms with Crippen molar-refractivity contribution in [1.29, 1.82) is 0 Å². The van der Waals surface area contributed by atoms with Gasteiger partial charge in [-0.15, -0.1) is 0 Å². The third kappa shape index (κ3) is 4.26. The van der Waals surface area contributed by atoms with E-state index in [1.807, 2.05) is 6.07 Å². The van der Waals surface area contributed by atoms with Gasteiger partial charge >= 0.3 is 0 Å². The van der Waals surface area contributed by atoms with E-state index in [0.717, 1.165) is 30.7 Å². The fourth-order valence-electron chi connectivity index (χ4n) is 1.98. The molecule has 2 N–H and O–H groups in total. The first kappa shape index (κ1) is 13.9. The predicted molar refractivity (Wildman–Crippen MR) is 79.0 cm³/mol. The lowest BCUT2D eigenvalue weighted by Crippen LogP contribution is -2.36.